The highest BCUT2D eigenvalue weighted by molar-refractivity contribution is 5.92. The van der Waals surface area contributed by atoms with Crippen LogP contribution in [0.15, 0.2) is 33.6 Å². The van der Waals surface area contributed by atoms with Gasteiger partial charge in [0.1, 0.15) is 17.2 Å². The highest BCUT2D eigenvalue weighted by atomic mass is 16.5. The van der Waals surface area contributed by atoms with E-state index in [0.29, 0.717) is 16.8 Å². The lowest BCUT2D eigenvalue weighted by atomic mass is 10.1. The number of aromatic amines is 1. The molecule has 6 nitrogen and oxygen atoms in total. The number of aromatic nitrogens is 3. The maximum atomic E-state index is 11.6. The second kappa shape index (κ2) is 4.24. The zero-order valence-electron chi connectivity index (χ0n) is 10.4. The smallest absolute Gasteiger partial charge is 0.294 e. The zero-order valence-corrected chi connectivity index (χ0v) is 10.4. The molecule has 1 N–H and O–H groups in total. The molecule has 19 heavy (non-hydrogen) atoms. The Morgan fingerprint density at radius 3 is 2.68 bits per heavy atom. The summed E-state index contributed by atoms with van der Waals surface area (Å²) in [7, 11) is 1.61. The molecule has 3 aromatic rings. The third kappa shape index (κ3) is 1.77. The predicted molar refractivity (Wildman–Crippen MR) is 69.1 cm³/mol. The number of rotatable bonds is 2. The molecule has 0 aliphatic heterocycles. The number of aryl methyl sites for hydroxylation is 1. The van der Waals surface area contributed by atoms with Gasteiger partial charge in [-0.25, -0.2) is 5.10 Å². The molecule has 3 rings (SSSR count). The normalized spacial score (nSPS) is 10.8. The van der Waals surface area contributed by atoms with Gasteiger partial charge in [0.2, 0.25) is 0 Å². The molecule has 2 heterocycles. The van der Waals surface area contributed by atoms with Crippen molar-refractivity contribution in [2.75, 3.05) is 7.11 Å². The maximum Gasteiger partial charge on any atom is 0.294 e. The van der Waals surface area contributed by atoms with Gasteiger partial charge < -0.3 is 9.26 Å². The van der Waals surface area contributed by atoms with E-state index in [9.17, 15) is 4.79 Å². The monoisotopic (exact) mass is 257 g/mol. The minimum Gasteiger partial charge on any atom is -0.497 e. The molecule has 1 aromatic carbocycles. The second-order valence-corrected chi connectivity index (χ2v) is 4.09. The van der Waals surface area contributed by atoms with E-state index in [4.69, 9.17) is 9.26 Å². The van der Waals surface area contributed by atoms with Crippen molar-refractivity contribution in [3.8, 4) is 17.0 Å². The molecule has 0 bridgehead atoms. The van der Waals surface area contributed by atoms with Crippen LogP contribution in [0.1, 0.15) is 5.76 Å². The molecule has 0 fully saturated rings. The fraction of sp³-hybridized carbons (Fsp3) is 0.154. The molecule has 6 heteroatoms. The number of nitrogens with zero attached hydrogens (tertiary/aromatic N) is 2. The summed E-state index contributed by atoms with van der Waals surface area (Å²) in [4.78, 5) is 11.6. The molecule has 0 aliphatic carbocycles. The number of H-pyrrole nitrogens is 1. The van der Waals surface area contributed by atoms with Gasteiger partial charge >= 0.3 is 0 Å². The first-order chi connectivity index (χ1) is 9.20. The van der Waals surface area contributed by atoms with Crippen LogP contribution in [0.5, 0.6) is 5.75 Å². The Labute approximate surface area is 108 Å². The third-order valence-electron chi connectivity index (χ3n) is 2.95. The minimum absolute atomic E-state index is 0.262. The number of hydrogen-bond acceptors (Lipinski definition) is 5. The van der Waals surface area contributed by atoms with Crippen LogP contribution in [0.25, 0.3) is 22.2 Å². The summed E-state index contributed by atoms with van der Waals surface area (Å²) >= 11 is 0. The fourth-order valence-corrected chi connectivity index (χ4v) is 1.98. The SMILES string of the molecule is COc1ccc(-c2n[nH]c(=O)c3noc(C)c23)cc1. The Hall–Kier alpha value is -2.63. The molecule has 0 saturated carbocycles. The van der Waals surface area contributed by atoms with E-state index in [1.54, 1.807) is 14.0 Å². The average molecular weight is 257 g/mol. The largest absolute Gasteiger partial charge is 0.497 e. The summed E-state index contributed by atoms with van der Waals surface area (Å²) in [5.74, 6) is 1.32. The van der Waals surface area contributed by atoms with E-state index in [0.717, 1.165) is 11.3 Å². The molecule has 0 aliphatic rings. The topological polar surface area (TPSA) is 81.0 Å². The van der Waals surface area contributed by atoms with Gasteiger partial charge in [0.05, 0.1) is 12.5 Å². The van der Waals surface area contributed by atoms with Crippen molar-refractivity contribution in [3.63, 3.8) is 0 Å². The van der Waals surface area contributed by atoms with Gasteiger partial charge in [-0.15, -0.1) is 0 Å². The van der Waals surface area contributed by atoms with Crippen molar-refractivity contribution < 1.29 is 9.26 Å². The lowest BCUT2D eigenvalue weighted by molar-refractivity contribution is 0.405. The van der Waals surface area contributed by atoms with Crippen LogP contribution in [0, 0.1) is 6.92 Å². The lowest BCUT2D eigenvalue weighted by Crippen LogP contribution is -2.09. The molecule has 0 spiro atoms. The van der Waals surface area contributed by atoms with Gasteiger partial charge in [0.25, 0.3) is 5.56 Å². The van der Waals surface area contributed by atoms with E-state index in [2.05, 4.69) is 15.4 Å². The highest BCUT2D eigenvalue weighted by Crippen LogP contribution is 2.27. The zero-order chi connectivity index (χ0) is 13.4. The van der Waals surface area contributed by atoms with Gasteiger partial charge in [-0.1, -0.05) is 5.16 Å². The standard InChI is InChI=1S/C13H11N3O3/c1-7-10-11(8-3-5-9(18-2)6-4-8)14-15-13(17)12(10)16-19-7/h3-6H,1-2H3,(H,15,17). The van der Waals surface area contributed by atoms with E-state index >= 15 is 0 Å². The fourth-order valence-electron chi connectivity index (χ4n) is 1.98. The van der Waals surface area contributed by atoms with Gasteiger partial charge in [-0.2, -0.15) is 5.10 Å². The summed E-state index contributed by atoms with van der Waals surface area (Å²) in [5, 5.41) is 10.9. The van der Waals surface area contributed by atoms with Crippen molar-refractivity contribution in [3.05, 3.63) is 40.4 Å². The third-order valence-corrected chi connectivity index (χ3v) is 2.95. The number of methoxy groups -OCH3 is 1. The van der Waals surface area contributed by atoms with Crippen LogP contribution < -0.4 is 10.3 Å². The van der Waals surface area contributed by atoms with E-state index in [1.165, 1.54) is 0 Å². The van der Waals surface area contributed by atoms with Crippen molar-refractivity contribution in [1.82, 2.24) is 15.4 Å². The van der Waals surface area contributed by atoms with Gasteiger partial charge in [-0.05, 0) is 31.2 Å². The van der Waals surface area contributed by atoms with Crippen LogP contribution in [-0.2, 0) is 0 Å². The van der Waals surface area contributed by atoms with E-state index in [-0.39, 0.29) is 11.1 Å². The van der Waals surface area contributed by atoms with Crippen molar-refractivity contribution in [2.45, 2.75) is 6.92 Å². The molecule has 96 valence electrons. The molecule has 2 aromatic heterocycles. The van der Waals surface area contributed by atoms with Crippen LogP contribution in [0.2, 0.25) is 0 Å². The Kier molecular flexibility index (Phi) is 2.56. The first-order valence-electron chi connectivity index (χ1n) is 5.70. The summed E-state index contributed by atoms with van der Waals surface area (Å²) < 4.78 is 10.2. The number of ether oxygens (including phenoxy) is 1. The number of nitrogens with one attached hydrogen (secondary N) is 1. The van der Waals surface area contributed by atoms with Gasteiger partial charge in [0, 0.05) is 5.56 Å². The molecule has 0 atom stereocenters. The second-order valence-electron chi connectivity index (χ2n) is 4.09. The van der Waals surface area contributed by atoms with E-state index < -0.39 is 0 Å². The van der Waals surface area contributed by atoms with Gasteiger partial charge in [0.15, 0.2) is 5.52 Å². The minimum atomic E-state index is -0.357. The van der Waals surface area contributed by atoms with Crippen LogP contribution in [0.3, 0.4) is 0 Å². The summed E-state index contributed by atoms with van der Waals surface area (Å²) in [6, 6.07) is 7.39. The number of benzene rings is 1. The first-order valence-corrected chi connectivity index (χ1v) is 5.70. The predicted octanol–water partition coefficient (Wildman–Crippen LogP) is 1.90. The van der Waals surface area contributed by atoms with Crippen LogP contribution in [0.4, 0.5) is 0 Å². The Balaban J connectivity index is 2.27. The number of fused-ring (bicyclic) bond motifs is 1. The van der Waals surface area contributed by atoms with Crippen LogP contribution >= 0.6 is 0 Å². The molecule has 0 amide bonds. The average Bonchev–Trinajstić information content (AvgIpc) is 2.83. The molecular weight excluding hydrogens is 246 g/mol. The lowest BCUT2D eigenvalue weighted by Gasteiger charge is -2.03. The summed E-state index contributed by atoms with van der Waals surface area (Å²) in [5.41, 5.74) is 1.40. The maximum absolute atomic E-state index is 11.6. The number of hydrogen-bond donors (Lipinski definition) is 1. The molecule has 0 unspecified atom stereocenters. The molecular formula is C13H11N3O3. The summed E-state index contributed by atoms with van der Waals surface area (Å²) in [6.07, 6.45) is 0. The van der Waals surface area contributed by atoms with Crippen LogP contribution in [-0.4, -0.2) is 22.5 Å². The first kappa shape index (κ1) is 11.5. The summed E-state index contributed by atoms with van der Waals surface area (Å²) in [6.45, 7) is 1.75. The van der Waals surface area contributed by atoms with Crippen molar-refractivity contribution in [1.29, 1.82) is 0 Å². The quantitative estimate of drug-likeness (QED) is 0.758. The Bertz CT molecular complexity index is 787. The van der Waals surface area contributed by atoms with Crippen molar-refractivity contribution in [2.24, 2.45) is 0 Å². The molecule has 0 radical (unpaired) electrons. The van der Waals surface area contributed by atoms with E-state index in [1.807, 2.05) is 24.3 Å². The molecule has 0 saturated heterocycles. The Morgan fingerprint density at radius 1 is 1.26 bits per heavy atom. The highest BCUT2D eigenvalue weighted by Gasteiger charge is 2.15. The van der Waals surface area contributed by atoms with Gasteiger partial charge in [-0.3, -0.25) is 4.79 Å². The Morgan fingerprint density at radius 2 is 2.00 bits per heavy atom. The van der Waals surface area contributed by atoms with Crippen molar-refractivity contribution >= 4 is 10.9 Å².